The highest BCUT2D eigenvalue weighted by atomic mass is 15.3. The van der Waals surface area contributed by atoms with E-state index in [1.807, 2.05) is 36.0 Å². The maximum absolute atomic E-state index is 5.70. The third-order valence-electron chi connectivity index (χ3n) is 2.90. The highest BCUT2D eigenvalue weighted by molar-refractivity contribution is 5.27. The lowest BCUT2D eigenvalue weighted by Crippen LogP contribution is -2.30. The van der Waals surface area contributed by atoms with Gasteiger partial charge in [0.05, 0.1) is 11.7 Å². The molecule has 0 amide bonds. The van der Waals surface area contributed by atoms with Gasteiger partial charge >= 0.3 is 0 Å². The van der Waals surface area contributed by atoms with E-state index in [0.717, 1.165) is 29.9 Å². The van der Waals surface area contributed by atoms with Gasteiger partial charge in [0.2, 0.25) is 0 Å². The Morgan fingerprint density at radius 1 is 1.39 bits per heavy atom. The van der Waals surface area contributed by atoms with Crippen LogP contribution in [0.25, 0.3) is 0 Å². The third-order valence-corrected chi connectivity index (χ3v) is 2.90. The highest BCUT2D eigenvalue weighted by Crippen LogP contribution is 2.21. The molecule has 0 spiro atoms. The fraction of sp³-hybridized carbons (Fsp3) is 0.385. The number of hydrogen-bond donors (Lipinski definition) is 2. The Labute approximate surface area is 107 Å². The van der Waals surface area contributed by atoms with Crippen LogP contribution in [0.1, 0.15) is 36.3 Å². The first-order chi connectivity index (χ1) is 8.76. The Morgan fingerprint density at radius 2 is 2.22 bits per heavy atom. The van der Waals surface area contributed by atoms with Crippen LogP contribution in [0, 0.1) is 6.92 Å². The zero-order valence-electron chi connectivity index (χ0n) is 10.8. The Bertz CT molecular complexity index is 506. The molecule has 2 heterocycles. The molecule has 0 aliphatic carbocycles. The number of aromatic nitrogens is 3. The van der Waals surface area contributed by atoms with Crippen LogP contribution >= 0.6 is 0 Å². The molecule has 0 aliphatic heterocycles. The largest absolute Gasteiger partial charge is 0.271 e. The second-order valence-electron chi connectivity index (χ2n) is 4.31. The van der Waals surface area contributed by atoms with Crippen molar-refractivity contribution in [2.75, 3.05) is 0 Å². The zero-order chi connectivity index (χ0) is 13.0. The average Bonchev–Trinajstić information content (AvgIpc) is 2.79. The van der Waals surface area contributed by atoms with E-state index >= 15 is 0 Å². The van der Waals surface area contributed by atoms with Crippen molar-refractivity contribution in [1.29, 1.82) is 0 Å². The van der Waals surface area contributed by atoms with Gasteiger partial charge in [-0.2, -0.15) is 5.10 Å². The number of nitrogens with two attached hydrogens (primary N) is 1. The minimum atomic E-state index is -0.0549. The number of aryl methyl sites for hydroxylation is 2. The third kappa shape index (κ3) is 2.57. The predicted molar refractivity (Wildman–Crippen MR) is 70.7 cm³/mol. The van der Waals surface area contributed by atoms with Crippen LogP contribution in [0.4, 0.5) is 0 Å². The van der Waals surface area contributed by atoms with Crippen molar-refractivity contribution in [2.24, 2.45) is 5.84 Å². The van der Waals surface area contributed by atoms with E-state index < -0.39 is 0 Å². The molecule has 0 bridgehead atoms. The summed E-state index contributed by atoms with van der Waals surface area (Å²) in [5, 5.41) is 4.33. The van der Waals surface area contributed by atoms with Gasteiger partial charge in [-0.25, -0.2) is 5.43 Å². The van der Waals surface area contributed by atoms with Crippen LogP contribution in [0.15, 0.2) is 30.6 Å². The molecule has 18 heavy (non-hydrogen) atoms. The van der Waals surface area contributed by atoms with Crippen molar-refractivity contribution in [3.63, 3.8) is 0 Å². The van der Waals surface area contributed by atoms with Gasteiger partial charge in [0.1, 0.15) is 0 Å². The monoisotopic (exact) mass is 245 g/mol. The molecule has 5 nitrogen and oxygen atoms in total. The van der Waals surface area contributed by atoms with Crippen molar-refractivity contribution in [1.82, 2.24) is 20.2 Å². The summed E-state index contributed by atoms with van der Waals surface area (Å²) >= 11 is 0. The first kappa shape index (κ1) is 12.7. The number of hydrazine groups is 1. The van der Waals surface area contributed by atoms with Crippen molar-refractivity contribution in [2.45, 2.75) is 32.9 Å². The first-order valence-electron chi connectivity index (χ1n) is 6.16. The summed E-state index contributed by atoms with van der Waals surface area (Å²) in [4.78, 5) is 4.21. The van der Waals surface area contributed by atoms with Crippen LogP contribution in [0.5, 0.6) is 0 Å². The molecule has 1 atom stereocenters. The van der Waals surface area contributed by atoms with Crippen molar-refractivity contribution in [3.8, 4) is 0 Å². The van der Waals surface area contributed by atoms with Gasteiger partial charge in [0.15, 0.2) is 0 Å². The second kappa shape index (κ2) is 5.75. The van der Waals surface area contributed by atoms with Gasteiger partial charge < -0.3 is 0 Å². The van der Waals surface area contributed by atoms with E-state index in [2.05, 4.69) is 22.4 Å². The summed E-state index contributed by atoms with van der Waals surface area (Å²) in [5.41, 5.74) is 6.01. The zero-order valence-corrected chi connectivity index (χ0v) is 10.8. The Morgan fingerprint density at radius 3 is 2.89 bits per heavy atom. The standard InChI is InChI=1S/C13H19N5/c1-3-8-18-12(5-7-16-18)13(17-14)11-4-6-15-10(2)9-11/h4-7,9,13,17H,3,8,14H2,1-2H3. The number of pyridine rings is 1. The summed E-state index contributed by atoms with van der Waals surface area (Å²) in [6, 6.07) is 5.95. The number of nitrogens with one attached hydrogen (secondary N) is 1. The minimum absolute atomic E-state index is 0.0549. The molecular weight excluding hydrogens is 226 g/mol. The van der Waals surface area contributed by atoms with Crippen LogP contribution in [-0.4, -0.2) is 14.8 Å². The summed E-state index contributed by atoms with van der Waals surface area (Å²) in [7, 11) is 0. The Balaban J connectivity index is 2.36. The summed E-state index contributed by atoms with van der Waals surface area (Å²) < 4.78 is 1.99. The van der Waals surface area contributed by atoms with E-state index in [9.17, 15) is 0 Å². The molecular formula is C13H19N5. The summed E-state index contributed by atoms with van der Waals surface area (Å²) in [5.74, 6) is 5.70. The van der Waals surface area contributed by atoms with Gasteiger partial charge in [-0.3, -0.25) is 15.5 Å². The molecule has 0 fully saturated rings. The van der Waals surface area contributed by atoms with Gasteiger partial charge in [-0.1, -0.05) is 6.92 Å². The van der Waals surface area contributed by atoms with E-state index in [4.69, 9.17) is 5.84 Å². The number of nitrogens with zero attached hydrogens (tertiary/aromatic N) is 3. The molecule has 2 rings (SSSR count). The number of rotatable bonds is 5. The first-order valence-corrected chi connectivity index (χ1v) is 6.16. The Hall–Kier alpha value is -1.72. The molecule has 2 aromatic rings. The van der Waals surface area contributed by atoms with Crippen LogP contribution in [0.2, 0.25) is 0 Å². The van der Waals surface area contributed by atoms with E-state index in [1.165, 1.54) is 0 Å². The quantitative estimate of drug-likeness (QED) is 0.619. The SMILES string of the molecule is CCCn1nccc1C(NN)c1ccnc(C)c1. The molecule has 1 unspecified atom stereocenters. The molecule has 0 saturated carbocycles. The average molecular weight is 245 g/mol. The van der Waals surface area contributed by atoms with E-state index in [0.29, 0.717) is 0 Å². The van der Waals surface area contributed by atoms with Gasteiger partial charge in [-0.15, -0.1) is 0 Å². The fourth-order valence-electron chi connectivity index (χ4n) is 2.09. The predicted octanol–water partition coefficient (Wildman–Crippen LogP) is 1.55. The van der Waals surface area contributed by atoms with Gasteiger partial charge in [0, 0.05) is 24.6 Å². The Kier molecular flexibility index (Phi) is 4.07. The lowest BCUT2D eigenvalue weighted by Gasteiger charge is -2.18. The topological polar surface area (TPSA) is 68.8 Å². The van der Waals surface area contributed by atoms with Crippen LogP contribution in [-0.2, 0) is 6.54 Å². The maximum Gasteiger partial charge on any atom is 0.0879 e. The van der Waals surface area contributed by atoms with Crippen molar-refractivity contribution >= 4 is 0 Å². The second-order valence-corrected chi connectivity index (χ2v) is 4.31. The molecule has 3 N–H and O–H groups in total. The minimum Gasteiger partial charge on any atom is -0.271 e. The van der Waals surface area contributed by atoms with Crippen LogP contribution < -0.4 is 11.3 Å². The van der Waals surface area contributed by atoms with Crippen molar-refractivity contribution in [3.05, 3.63) is 47.5 Å². The van der Waals surface area contributed by atoms with Crippen LogP contribution in [0.3, 0.4) is 0 Å². The van der Waals surface area contributed by atoms with E-state index in [-0.39, 0.29) is 6.04 Å². The lowest BCUT2D eigenvalue weighted by molar-refractivity contribution is 0.520. The summed E-state index contributed by atoms with van der Waals surface area (Å²) in [6.07, 6.45) is 4.65. The van der Waals surface area contributed by atoms with Crippen molar-refractivity contribution < 1.29 is 0 Å². The maximum atomic E-state index is 5.70. The van der Waals surface area contributed by atoms with Gasteiger partial charge in [-0.05, 0) is 37.1 Å². The van der Waals surface area contributed by atoms with E-state index in [1.54, 1.807) is 6.20 Å². The smallest absolute Gasteiger partial charge is 0.0879 e. The molecule has 0 aliphatic rings. The molecule has 0 saturated heterocycles. The molecule has 0 aromatic carbocycles. The lowest BCUT2D eigenvalue weighted by atomic mass is 10.0. The molecule has 96 valence electrons. The summed E-state index contributed by atoms with van der Waals surface area (Å²) in [6.45, 7) is 5.00. The van der Waals surface area contributed by atoms with Gasteiger partial charge in [0.25, 0.3) is 0 Å². The molecule has 0 radical (unpaired) electrons. The normalized spacial score (nSPS) is 12.6. The molecule has 5 heteroatoms. The fourth-order valence-corrected chi connectivity index (χ4v) is 2.09. The number of hydrogen-bond acceptors (Lipinski definition) is 4. The highest BCUT2D eigenvalue weighted by Gasteiger charge is 2.16. The molecule has 2 aromatic heterocycles.